The second-order valence-electron chi connectivity index (χ2n) is 3.11. The molecule has 0 rings (SSSR count). The van der Waals surface area contributed by atoms with E-state index in [0.29, 0.717) is 0 Å². The number of carboxylic acid groups (broad SMARTS) is 2. The maximum Gasteiger partial charge on any atom is 0.437 e. The molecular weight excluding hydrogens is 332 g/mol. The molecule has 0 amide bonds. The summed E-state index contributed by atoms with van der Waals surface area (Å²) in [6.07, 6.45) is 0. The Kier molecular flexibility index (Phi) is 5.29. The minimum absolute atomic E-state index is 2.75. The summed E-state index contributed by atoms with van der Waals surface area (Å²) in [6, 6.07) is 0. The van der Waals surface area contributed by atoms with Crippen LogP contribution in [0.25, 0.3) is 0 Å². The first-order valence-electron chi connectivity index (χ1n) is 4.49. The molecule has 0 saturated heterocycles. The number of alkyl halides is 4. The van der Waals surface area contributed by atoms with Gasteiger partial charge in [-0.05, 0) is 0 Å². The van der Waals surface area contributed by atoms with Crippen molar-refractivity contribution in [2.45, 2.75) is 11.8 Å². The number of rotatable bonds is 4. The first-order valence-corrected chi connectivity index (χ1v) is 4.49. The minimum atomic E-state index is -5.26. The molecule has 0 aliphatic rings. The number of aliphatic carboxylic acids is 2. The summed E-state index contributed by atoms with van der Waals surface area (Å²) in [4.78, 5) is 62.1. The van der Waals surface area contributed by atoms with Crippen molar-refractivity contribution in [3.63, 3.8) is 0 Å². The molecule has 0 aliphatic carbocycles. The number of carbonyl (C=O) groups is 6. The van der Waals surface area contributed by atoms with Crippen molar-refractivity contribution in [3.05, 3.63) is 0 Å². The van der Waals surface area contributed by atoms with Gasteiger partial charge < -0.3 is 19.7 Å². The third-order valence-corrected chi connectivity index (χ3v) is 1.59. The van der Waals surface area contributed by atoms with Crippen molar-refractivity contribution in [2.75, 3.05) is 0 Å². The molecule has 0 aromatic rings. The van der Waals surface area contributed by atoms with Gasteiger partial charge >= 0.3 is 47.7 Å². The highest BCUT2D eigenvalue weighted by Gasteiger charge is 2.53. The normalized spacial score (nSPS) is 11.3. The monoisotopic (exact) mass is 334 g/mol. The van der Waals surface area contributed by atoms with E-state index in [-0.39, 0.29) is 0 Å². The Morgan fingerprint density at radius 1 is 0.636 bits per heavy atom. The van der Waals surface area contributed by atoms with E-state index in [4.69, 9.17) is 10.2 Å². The van der Waals surface area contributed by atoms with Crippen LogP contribution in [0.1, 0.15) is 0 Å². The lowest BCUT2D eigenvalue weighted by atomic mass is 10.3. The largest absolute Gasteiger partial charge is 0.476 e. The number of esters is 4. The van der Waals surface area contributed by atoms with Crippen molar-refractivity contribution in [1.29, 1.82) is 0 Å². The predicted octanol–water partition coefficient (Wildman–Crippen LogP) is -1.43. The van der Waals surface area contributed by atoms with E-state index in [0.717, 1.165) is 0 Å². The van der Waals surface area contributed by atoms with Crippen LogP contribution < -0.4 is 0 Å². The smallest absolute Gasteiger partial charge is 0.437 e. The SMILES string of the molecule is O=C(OC(=O)C(F)(F)C(=O)O)C(=O)OC(=O)C(F)(F)C(=O)O. The van der Waals surface area contributed by atoms with Crippen LogP contribution in [-0.4, -0.2) is 57.9 Å². The minimum Gasteiger partial charge on any atom is -0.476 e. The van der Waals surface area contributed by atoms with Crippen molar-refractivity contribution >= 4 is 35.8 Å². The number of carboxylic acids is 2. The Morgan fingerprint density at radius 2 is 0.864 bits per heavy atom. The van der Waals surface area contributed by atoms with Gasteiger partial charge in [0, 0.05) is 0 Å². The first kappa shape index (κ1) is 18.9. The van der Waals surface area contributed by atoms with E-state index >= 15 is 0 Å². The number of hydrogen-bond acceptors (Lipinski definition) is 8. The number of carbonyl (C=O) groups excluding carboxylic acids is 4. The van der Waals surface area contributed by atoms with Crippen LogP contribution in [-0.2, 0) is 38.2 Å². The van der Waals surface area contributed by atoms with E-state index in [1.807, 2.05) is 0 Å². The maximum atomic E-state index is 12.5. The van der Waals surface area contributed by atoms with Crippen molar-refractivity contribution in [3.8, 4) is 0 Å². The zero-order valence-electron chi connectivity index (χ0n) is 9.67. The standard InChI is InChI=1S/C8H2F4O10/c9-7(10,3(15)16)5(19)21-1(13)2(14)22-6(20)8(11,12)4(17)18/h(H,15,16)(H,17,18). The Bertz CT molecular complexity index is 515. The van der Waals surface area contributed by atoms with Crippen molar-refractivity contribution in [1.82, 2.24) is 0 Å². The second-order valence-corrected chi connectivity index (χ2v) is 3.11. The van der Waals surface area contributed by atoms with E-state index in [1.54, 1.807) is 0 Å². The fourth-order valence-electron chi connectivity index (χ4n) is 0.555. The van der Waals surface area contributed by atoms with Gasteiger partial charge in [-0.15, -0.1) is 0 Å². The molecule has 0 spiro atoms. The molecule has 0 atom stereocenters. The van der Waals surface area contributed by atoms with E-state index < -0.39 is 47.7 Å². The van der Waals surface area contributed by atoms with E-state index in [2.05, 4.69) is 9.47 Å². The highest BCUT2D eigenvalue weighted by Crippen LogP contribution is 2.17. The molecule has 0 unspecified atom stereocenters. The molecule has 0 aromatic carbocycles. The lowest BCUT2D eigenvalue weighted by Gasteiger charge is -2.10. The molecule has 0 fully saturated rings. The molecule has 122 valence electrons. The van der Waals surface area contributed by atoms with Gasteiger partial charge in [0.1, 0.15) is 0 Å². The van der Waals surface area contributed by atoms with Crippen LogP contribution in [0.5, 0.6) is 0 Å². The molecule has 0 aromatic heterocycles. The summed E-state index contributed by atoms with van der Waals surface area (Å²) >= 11 is 0. The van der Waals surface area contributed by atoms with E-state index in [1.165, 1.54) is 0 Å². The topological polar surface area (TPSA) is 161 Å². The fraction of sp³-hybridized carbons (Fsp3) is 0.250. The zero-order valence-corrected chi connectivity index (χ0v) is 9.67. The van der Waals surface area contributed by atoms with E-state index in [9.17, 15) is 46.3 Å². The Morgan fingerprint density at radius 3 is 1.05 bits per heavy atom. The molecule has 2 N–H and O–H groups in total. The highest BCUT2D eigenvalue weighted by molar-refractivity contribution is 6.34. The quantitative estimate of drug-likeness (QED) is 0.270. The highest BCUT2D eigenvalue weighted by atomic mass is 19.3. The molecule has 0 saturated carbocycles. The lowest BCUT2D eigenvalue weighted by Crippen LogP contribution is -2.44. The van der Waals surface area contributed by atoms with Crippen LogP contribution in [0, 0.1) is 0 Å². The summed E-state index contributed by atoms with van der Waals surface area (Å²) in [5.74, 6) is -28.3. The van der Waals surface area contributed by atoms with Gasteiger partial charge in [0.05, 0.1) is 0 Å². The molecule has 0 heterocycles. The van der Waals surface area contributed by atoms with Crippen molar-refractivity contribution < 1.29 is 66.0 Å². The van der Waals surface area contributed by atoms with Gasteiger partial charge in [-0.2, -0.15) is 17.6 Å². The second kappa shape index (κ2) is 6.15. The van der Waals surface area contributed by atoms with Gasteiger partial charge in [-0.25, -0.2) is 28.8 Å². The number of ether oxygens (including phenoxy) is 2. The van der Waals surface area contributed by atoms with Gasteiger partial charge in [0.15, 0.2) is 0 Å². The average molecular weight is 334 g/mol. The Balaban J connectivity index is 4.88. The maximum absolute atomic E-state index is 12.5. The van der Waals surface area contributed by atoms with Gasteiger partial charge in [-0.3, -0.25) is 0 Å². The summed E-state index contributed by atoms with van der Waals surface area (Å²) < 4.78 is 55.9. The molecular formula is C8H2F4O10. The molecule has 0 radical (unpaired) electrons. The number of hydrogen-bond donors (Lipinski definition) is 2. The third kappa shape index (κ3) is 3.97. The summed E-state index contributed by atoms with van der Waals surface area (Å²) in [5, 5.41) is 15.8. The molecule has 22 heavy (non-hydrogen) atoms. The average Bonchev–Trinajstić information content (AvgIpc) is 2.37. The van der Waals surface area contributed by atoms with Gasteiger partial charge in [-0.1, -0.05) is 0 Å². The van der Waals surface area contributed by atoms with Gasteiger partial charge in [0.2, 0.25) is 0 Å². The van der Waals surface area contributed by atoms with Gasteiger partial charge in [0.25, 0.3) is 0 Å². The first-order chi connectivity index (χ1) is 9.74. The van der Waals surface area contributed by atoms with Crippen LogP contribution in [0.4, 0.5) is 17.6 Å². The lowest BCUT2D eigenvalue weighted by molar-refractivity contribution is -0.198. The summed E-state index contributed by atoms with van der Waals surface area (Å²) in [5.41, 5.74) is 0. The Hall–Kier alpha value is -3.06. The van der Waals surface area contributed by atoms with Crippen LogP contribution >= 0.6 is 0 Å². The molecule has 0 aliphatic heterocycles. The van der Waals surface area contributed by atoms with Crippen LogP contribution in [0.15, 0.2) is 0 Å². The van der Waals surface area contributed by atoms with Crippen LogP contribution in [0.2, 0.25) is 0 Å². The number of halogens is 4. The molecule has 10 nitrogen and oxygen atoms in total. The molecule has 14 heteroatoms. The summed E-state index contributed by atoms with van der Waals surface area (Å²) in [6.45, 7) is 0. The zero-order chi connectivity index (χ0) is 17.9. The van der Waals surface area contributed by atoms with Crippen molar-refractivity contribution in [2.24, 2.45) is 0 Å². The molecule has 0 bridgehead atoms. The third-order valence-electron chi connectivity index (χ3n) is 1.59. The van der Waals surface area contributed by atoms with Crippen LogP contribution in [0.3, 0.4) is 0 Å². The summed E-state index contributed by atoms with van der Waals surface area (Å²) in [7, 11) is 0. The fourth-order valence-corrected chi connectivity index (χ4v) is 0.555. The predicted molar refractivity (Wildman–Crippen MR) is 47.4 cm³/mol. The Labute approximate surface area is 115 Å².